The van der Waals surface area contributed by atoms with Crippen LogP contribution in [0.25, 0.3) is 0 Å². The van der Waals surface area contributed by atoms with Gasteiger partial charge in [0, 0.05) is 19.3 Å². The molecular weight excluding hydrogens is 236 g/mol. The normalized spacial score (nSPS) is 8.94. The number of esters is 1. The molecule has 2 rings (SSSR count). The fourth-order valence-electron chi connectivity index (χ4n) is 1.10. The molecule has 2 N–H and O–H groups in total. The molecule has 94 valence electrons. The average Bonchev–Trinajstić information content (AvgIpc) is 2.87. The third-order valence-electron chi connectivity index (χ3n) is 1.78. The minimum absolute atomic E-state index is 0.0160. The first-order valence-corrected chi connectivity index (χ1v) is 5.04. The number of nitrogens with one attached hydrogen (secondary N) is 1. The van der Waals surface area contributed by atoms with Gasteiger partial charge in [0.1, 0.15) is 11.3 Å². The number of rotatable bonds is 2. The van der Waals surface area contributed by atoms with E-state index >= 15 is 0 Å². The number of hydrogen-bond donors (Lipinski definition) is 2. The van der Waals surface area contributed by atoms with Crippen LogP contribution in [0, 0.1) is 0 Å². The Balaban J connectivity index is 0.000000269. The molecule has 1 heterocycles. The number of carboxylic acid groups (broad SMARTS) is 1. The Labute approximate surface area is 103 Å². The SMILES string of the molecule is CC(=O)Oc1ccccc1C(=O)O.c1c[nH]cn1. The lowest BCUT2D eigenvalue weighted by Gasteiger charge is -2.03. The summed E-state index contributed by atoms with van der Waals surface area (Å²) < 4.78 is 4.69. The Morgan fingerprint density at radius 2 is 2.06 bits per heavy atom. The van der Waals surface area contributed by atoms with Crippen molar-refractivity contribution in [2.45, 2.75) is 6.92 Å². The molecule has 0 aliphatic heterocycles. The highest BCUT2D eigenvalue weighted by atomic mass is 16.5. The Morgan fingerprint density at radius 3 is 2.50 bits per heavy atom. The van der Waals surface area contributed by atoms with Crippen LogP contribution in [0.2, 0.25) is 0 Å². The van der Waals surface area contributed by atoms with Gasteiger partial charge in [0.05, 0.1) is 6.33 Å². The van der Waals surface area contributed by atoms with E-state index in [1.807, 2.05) is 0 Å². The molecule has 6 heteroatoms. The first-order chi connectivity index (χ1) is 8.61. The van der Waals surface area contributed by atoms with Crippen molar-refractivity contribution in [3.63, 3.8) is 0 Å². The molecule has 0 aliphatic carbocycles. The summed E-state index contributed by atoms with van der Waals surface area (Å²) in [6, 6.07) is 5.98. The molecule has 6 nitrogen and oxygen atoms in total. The van der Waals surface area contributed by atoms with Crippen LogP contribution in [0.3, 0.4) is 0 Å². The van der Waals surface area contributed by atoms with Crippen LogP contribution in [0.15, 0.2) is 43.0 Å². The van der Waals surface area contributed by atoms with Gasteiger partial charge in [0.15, 0.2) is 0 Å². The van der Waals surface area contributed by atoms with E-state index in [0.717, 1.165) is 0 Å². The van der Waals surface area contributed by atoms with Crippen LogP contribution in [0.4, 0.5) is 0 Å². The molecule has 0 radical (unpaired) electrons. The number of benzene rings is 1. The molecule has 0 spiro atoms. The fourth-order valence-corrected chi connectivity index (χ4v) is 1.10. The molecule has 18 heavy (non-hydrogen) atoms. The standard InChI is InChI=1S/C9H8O4.C3H4N2/c1-6(10)13-8-5-3-2-4-7(8)9(11)12;1-2-5-3-4-1/h2-5H,1H3,(H,11,12);1-3H,(H,4,5). The van der Waals surface area contributed by atoms with E-state index in [2.05, 4.69) is 14.7 Å². The van der Waals surface area contributed by atoms with Gasteiger partial charge in [-0.1, -0.05) is 12.1 Å². The molecule has 0 fully saturated rings. The number of nitrogens with zero attached hydrogens (tertiary/aromatic N) is 1. The number of ether oxygens (including phenoxy) is 1. The van der Waals surface area contributed by atoms with Crippen molar-refractivity contribution in [2.24, 2.45) is 0 Å². The summed E-state index contributed by atoms with van der Waals surface area (Å²) in [5.41, 5.74) is -0.0160. The second-order valence-electron chi connectivity index (χ2n) is 3.16. The highest BCUT2D eigenvalue weighted by molar-refractivity contribution is 5.91. The molecular formula is C12H12N2O4. The van der Waals surface area contributed by atoms with Crippen LogP contribution in [0.5, 0.6) is 5.75 Å². The molecule has 0 saturated carbocycles. The Bertz CT molecular complexity index is 491. The van der Waals surface area contributed by atoms with Crippen molar-refractivity contribution in [2.75, 3.05) is 0 Å². The zero-order valence-corrected chi connectivity index (χ0v) is 9.66. The maximum absolute atomic E-state index is 10.6. The highest BCUT2D eigenvalue weighted by Gasteiger charge is 2.10. The molecule has 1 aromatic carbocycles. The van der Waals surface area contributed by atoms with Gasteiger partial charge in [-0.25, -0.2) is 9.78 Å². The molecule has 0 aliphatic rings. The first-order valence-electron chi connectivity index (χ1n) is 5.04. The van der Waals surface area contributed by atoms with Gasteiger partial charge in [0.25, 0.3) is 0 Å². The highest BCUT2D eigenvalue weighted by Crippen LogP contribution is 2.17. The third-order valence-corrected chi connectivity index (χ3v) is 1.78. The van der Waals surface area contributed by atoms with Gasteiger partial charge >= 0.3 is 11.9 Å². The molecule has 0 unspecified atom stereocenters. The zero-order valence-electron chi connectivity index (χ0n) is 9.66. The van der Waals surface area contributed by atoms with E-state index in [-0.39, 0.29) is 11.3 Å². The molecule has 0 bridgehead atoms. The number of carbonyl (C=O) groups is 2. The van der Waals surface area contributed by atoms with E-state index < -0.39 is 11.9 Å². The number of aromatic nitrogens is 2. The number of hydrogen-bond acceptors (Lipinski definition) is 4. The van der Waals surface area contributed by atoms with Crippen LogP contribution in [0.1, 0.15) is 17.3 Å². The summed E-state index contributed by atoms with van der Waals surface area (Å²) in [5, 5.41) is 8.69. The number of para-hydroxylation sites is 1. The molecule has 1 aromatic heterocycles. The van der Waals surface area contributed by atoms with Gasteiger partial charge in [-0.2, -0.15) is 0 Å². The van der Waals surface area contributed by atoms with Crippen molar-refractivity contribution in [3.8, 4) is 5.75 Å². The number of carboxylic acids is 1. The second kappa shape index (κ2) is 6.85. The van der Waals surface area contributed by atoms with Crippen molar-refractivity contribution >= 4 is 11.9 Å². The first kappa shape index (κ1) is 13.4. The van der Waals surface area contributed by atoms with Crippen molar-refractivity contribution in [3.05, 3.63) is 48.5 Å². The van der Waals surface area contributed by atoms with Crippen molar-refractivity contribution in [1.82, 2.24) is 9.97 Å². The second-order valence-corrected chi connectivity index (χ2v) is 3.16. The lowest BCUT2D eigenvalue weighted by atomic mass is 10.2. The fraction of sp³-hybridized carbons (Fsp3) is 0.0833. The van der Waals surface area contributed by atoms with E-state index in [0.29, 0.717) is 0 Å². The lowest BCUT2D eigenvalue weighted by molar-refractivity contribution is -0.131. The Kier molecular flexibility index (Phi) is 5.11. The van der Waals surface area contributed by atoms with Crippen molar-refractivity contribution in [1.29, 1.82) is 0 Å². The van der Waals surface area contributed by atoms with Gasteiger partial charge in [0.2, 0.25) is 0 Å². The average molecular weight is 248 g/mol. The van der Waals surface area contributed by atoms with Crippen molar-refractivity contribution < 1.29 is 19.4 Å². The summed E-state index contributed by atoms with van der Waals surface area (Å²) in [6.45, 7) is 1.22. The topological polar surface area (TPSA) is 92.3 Å². The lowest BCUT2D eigenvalue weighted by Crippen LogP contribution is -2.06. The molecule has 0 saturated heterocycles. The van der Waals surface area contributed by atoms with Crippen LogP contribution in [-0.4, -0.2) is 27.0 Å². The summed E-state index contributed by atoms with van der Waals surface area (Å²) in [4.78, 5) is 27.6. The molecule has 0 amide bonds. The zero-order chi connectivity index (χ0) is 13.4. The Hall–Kier alpha value is -2.63. The van der Waals surface area contributed by atoms with E-state index in [4.69, 9.17) is 5.11 Å². The number of H-pyrrole nitrogens is 1. The number of carbonyl (C=O) groups excluding carboxylic acids is 1. The molecule has 0 atom stereocenters. The predicted molar refractivity (Wildman–Crippen MR) is 63.3 cm³/mol. The number of imidazole rings is 1. The maximum Gasteiger partial charge on any atom is 0.339 e. The largest absolute Gasteiger partial charge is 0.478 e. The van der Waals surface area contributed by atoms with Crippen LogP contribution in [-0.2, 0) is 4.79 Å². The monoisotopic (exact) mass is 248 g/mol. The van der Waals surface area contributed by atoms with Gasteiger partial charge in [-0.3, -0.25) is 4.79 Å². The summed E-state index contributed by atoms with van der Waals surface area (Å²) in [5.74, 6) is -1.58. The van der Waals surface area contributed by atoms with Gasteiger partial charge in [-0.15, -0.1) is 0 Å². The maximum atomic E-state index is 10.6. The van der Waals surface area contributed by atoms with Crippen LogP contribution >= 0.6 is 0 Å². The van der Waals surface area contributed by atoms with E-state index in [1.165, 1.54) is 19.1 Å². The number of aromatic carboxylic acids is 1. The van der Waals surface area contributed by atoms with E-state index in [9.17, 15) is 9.59 Å². The summed E-state index contributed by atoms with van der Waals surface area (Å²) in [6.07, 6.45) is 5.08. The van der Waals surface area contributed by atoms with Gasteiger partial charge < -0.3 is 14.8 Å². The third kappa shape index (κ3) is 4.48. The molecule has 2 aromatic rings. The van der Waals surface area contributed by atoms with Gasteiger partial charge in [-0.05, 0) is 12.1 Å². The number of aromatic amines is 1. The van der Waals surface area contributed by atoms with E-state index in [1.54, 1.807) is 30.9 Å². The minimum Gasteiger partial charge on any atom is -0.478 e. The predicted octanol–water partition coefficient (Wildman–Crippen LogP) is 1.72. The smallest absolute Gasteiger partial charge is 0.339 e. The minimum atomic E-state index is -1.11. The van der Waals surface area contributed by atoms with Crippen LogP contribution < -0.4 is 4.74 Å². The summed E-state index contributed by atoms with van der Waals surface area (Å²) in [7, 11) is 0. The Morgan fingerprint density at radius 1 is 1.33 bits per heavy atom. The summed E-state index contributed by atoms with van der Waals surface area (Å²) >= 11 is 0. The quantitative estimate of drug-likeness (QED) is 0.623.